The summed E-state index contributed by atoms with van der Waals surface area (Å²) in [5.74, 6) is 0. The van der Waals surface area contributed by atoms with E-state index in [0.29, 0.717) is 21.2 Å². The molecule has 0 heterocycles. The second kappa shape index (κ2) is 5.64. The van der Waals surface area contributed by atoms with Crippen LogP contribution in [0.5, 0.6) is 0 Å². The molecule has 20 heavy (non-hydrogen) atoms. The standard InChI is InChI=1S/C14H9Cl2F3O/c15-10-5-6-12(16)11(7-10)13(20)8-1-3-9(4-2-8)14(17,18)19/h1-7,13,20H. The van der Waals surface area contributed by atoms with E-state index < -0.39 is 17.8 Å². The first-order valence-electron chi connectivity index (χ1n) is 5.59. The molecule has 0 bridgehead atoms. The molecule has 106 valence electrons. The van der Waals surface area contributed by atoms with Gasteiger partial charge in [0.25, 0.3) is 0 Å². The number of hydrogen-bond acceptors (Lipinski definition) is 1. The first-order valence-corrected chi connectivity index (χ1v) is 6.35. The molecule has 0 aliphatic heterocycles. The Morgan fingerprint density at radius 3 is 2.10 bits per heavy atom. The molecule has 0 spiro atoms. The molecule has 1 unspecified atom stereocenters. The fourth-order valence-electron chi connectivity index (χ4n) is 1.76. The van der Waals surface area contributed by atoms with Gasteiger partial charge in [0, 0.05) is 15.6 Å². The van der Waals surface area contributed by atoms with E-state index >= 15 is 0 Å². The van der Waals surface area contributed by atoms with E-state index in [9.17, 15) is 18.3 Å². The van der Waals surface area contributed by atoms with Crippen molar-refractivity contribution in [1.82, 2.24) is 0 Å². The van der Waals surface area contributed by atoms with Crippen molar-refractivity contribution in [2.24, 2.45) is 0 Å². The lowest BCUT2D eigenvalue weighted by molar-refractivity contribution is -0.137. The molecule has 1 N–H and O–H groups in total. The Morgan fingerprint density at radius 2 is 1.55 bits per heavy atom. The summed E-state index contributed by atoms with van der Waals surface area (Å²) in [7, 11) is 0. The number of benzene rings is 2. The third-order valence-electron chi connectivity index (χ3n) is 2.81. The summed E-state index contributed by atoms with van der Waals surface area (Å²) in [6.45, 7) is 0. The highest BCUT2D eigenvalue weighted by Gasteiger charge is 2.30. The zero-order valence-electron chi connectivity index (χ0n) is 9.96. The predicted molar refractivity (Wildman–Crippen MR) is 72.0 cm³/mol. The Hall–Kier alpha value is -1.23. The van der Waals surface area contributed by atoms with Crippen LogP contribution in [-0.2, 0) is 6.18 Å². The zero-order valence-corrected chi connectivity index (χ0v) is 11.5. The maximum absolute atomic E-state index is 12.5. The van der Waals surface area contributed by atoms with Crippen molar-refractivity contribution >= 4 is 23.2 Å². The highest BCUT2D eigenvalue weighted by atomic mass is 35.5. The van der Waals surface area contributed by atoms with Gasteiger partial charge in [-0.1, -0.05) is 35.3 Å². The lowest BCUT2D eigenvalue weighted by Crippen LogP contribution is -2.06. The van der Waals surface area contributed by atoms with Crippen LogP contribution in [0.25, 0.3) is 0 Å². The van der Waals surface area contributed by atoms with E-state index in [2.05, 4.69) is 0 Å². The maximum Gasteiger partial charge on any atom is 0.416 e. The smallest absolute Gasteiger partial charge is 0.384 e. The lowest BCUT2D eigenvalue weighted by Gasteiger charge is -2.14. The van der Waals surface area contributed by atoms with Crippen molar-refractivity contribution in [3.8, 4) is 0 Å². The summed E-state index contributed by atoms with van der Waals surface area (Å²) in [6.07, 6.45) is -5.54. The van der Waals surface area contributed by atoms with Gasteiger partial charge in [0.2, 0.25) is 0 Å². The normalized spacial score (nSPS) is 13.3. The van der Waals surface area contributed by atoms with Gasteiger partial charge in [-0.2, -0.15) is 13.2 Å². The van der Waals surface area contributed by atoms with Crippen molar-refractivity contribution in [2.75, 3.05) is 0 Å². The van der Waals surface area contributed by atoms with Crippen LogP contribution in [0.2, 0.25) is 10.0 Å². The molecule has 0 radical (unpaired) electrons. The van der Waals surface area contributed by atoms with Crippen molar-refractivity contribution < 1.29 is 18.3 Å². The van der Waals surface area contributed by atoms with Crippen LogP contribution in [0.1, 0.15) is 22.8 Å². The van der Waals surface area contributed by atoms with Gasteiger partial charge in [0.15, 0.2) is 0 Å². The van der Waals surface area contributed by atoms with Crippen LogP contribution in [0.15, 0.2) is 42.5 Å². The predicted octanol–water partition coefficient (Wildman–Crippen LogP) is 5.09. The molecule has 2 rings (SSSR count). The van der Waals surface area contributed by atoms with Crippen molar-refractivity contribution in [3.63, 3.8) is 0 Å². The molecular formula is C14H9Cl2F3O. The molecule has 0 fully saturated rings. The molecule has 0 saturated heterocycles. The fourth-order valence-corrected chi connectivity index (χ4v) is 2.16. The molecule has 0 aliphatic rings. The van der Waals surface area contributed by atoms with Crippen LogP contribution in [0, 0.1) is 0 Å². The van der Waals surface area contributed by atoms with Crippen LogP contribution >= 0.6 is 23.2 Å². The van der Waals surface area contributed by atoms with Gasteiger partial charge in [-0.15, -0.1) is 0 Å². The molecule has 0 saturated carbocycles. The van der Waals surface area contributed by atoms with Gasteiger partial charge < -0.3 is 5.11 Å². The number of halogens is 5. The van der Waals surface area contributed by atoms with Gasteiger partial charge in [-0.05, 0) is 35.9 Å². The van der Waals surface area contributed by atoms with Crippen LogP contribution in [-0.4, -0.2) is 5.11 Å². The monoisotopic (exact) mass is 320 g/mol. The first-order chi connectivity index (χ1) is 9.29. The molecule has 0 amide bonds. The largest absolute Gasteiger partial charge is 0.416 e. The average Bonchev–Trinajstić information content (AvgIpc) is 2.40. The number of rotatable bonds is 2. The third-order valence-corrected chi connectivity index (χ3v) is 3.39. The van der Waals surface area contributed by atoms with Gasteiger partial charge in [0.1, 0.15) is 6.10 Å². The number of aliphatic hydroxyl groups is 1. The van der Waals surface area contributed by atoms with E-state index in [1.54, 1.807) is 6.07 Å². The summed E-state index contributed by atoms with van der Waals surface area (Å²) in [5, 5.41) is 10.8. The summed E-state index contributed by atoms with van der Waals surface area (Å²) in [6, 6.07) is 8.81. The van der Waals surface area contributed by atoms with Gasteiger partial charge in [-0.3, -0.25) is 0 Å². The molecule has 2 aromatic carbocycles. The van der Waals surface area contributed by atoms with Crippen molar-refractivity contribution in [1.29, 1.82) is 0 Å². The molecular weight excluding hydrogens is 312 g/mol. The zero-order chi connectivity index (χ0) is 14.9. The Balaban J connectivity index is 2.34. The van der Waals surface area contributed by atoms with Crippen LogP contribution in [0.3, 0.4) is 0 Å². The minimum atomic E-state index is -4.41. The van der Waals surface area contributed by atoms with Gasteiger partial charge in [0.05, 0.1) is 5.56 Å². The topological polar surface area (TPSA) is 20.2 Å². The molecule has 1 atom stereocenters. The van der Waals surface area contributed by atoms with E-state index in [0.717, 1.165) is 12.1 Å². The number of alkyl halides is 3. The highest BCUT2D eigenvalue weighted by molar-refractivity contribution is 6.33. The number of hydrogen-bond donors (Lipinski definition) is 1. The SMILES string of the molecule is OC(c1ccc(C(F)(F)F)cc1)c1cc(Cl)ccc1Cl. The average molecular weight is 321 g/mol. The molecule has 1 nitrogen and oxygen atoms in total. The first kappa shape index (κ1) is 15.2. The summed E-state index contributed by atoms with van der Waals surface area (Å²) >= 11 is 11.8. The fraction of sp³-hybridized carbons (Fsp3) is 0.143. The van der Waals surface area contributed by atoms with Crippen LogP contribution in [0.4, 0.5) is 13.2 Å². The van der Waals surface area contributed by atoms with E-state index in [-0.39, 0.29) is 0 Å². The van der Waals surface area contributed by atoms with Crippen molar-refractivity contribution in [2.45, 2.75) is 12.3 Å². The van der Waals surface area contributed by atoms with E-state index in [1.165, 1.54) is 24.3 Å². The Kier molecular flexibility index (Phi) is 4.28. The second-order valence-corrected chi connectivity index (χ2v) is 5.03. The molecule has 0 aliphatic carbocycles. The van der Waals surface area contributed by atoms with Crippen molar-refractivity contribution in [3.05, 3.63) is 69.2 Å². The quantitative estimate of drug-likeness (QED) is 0.816. The molecule has 0 aromatic heterocycles. The Morgan fingerprint density at radius 1 is 0.950 bits per heavy atom. The second-order valence-electron chi connectivity index (χ2n) is 4.19. The summed E-state index contributed by atoms with van der Waals surface area (Å²) in [4.78, 5) is 0. The minimum absolute atomic E-state index is 0.293. The van der Waals surface area contributed by atoms with Gasteiger partial charge >= 0.3 is 6.18 Å². The minimum Gasteiger partial charge on any atom is -0.384 e. The Bertz CT molecular complexity index is 609. The summed E-state index contributed by atoms with van der Waals surface area (Å²) in [5.41, 5.74) is -0.119. The molecule has 6 heteroatoms. The van der Waals surface area contributed by atoms with Gasteiger partial charge in [-0.25, -0.2) is 0 Å². The maximum atomic E-state index is 12.5. The van der Waals surface area contributed by atoms with E-state index in [4.69, 9.17) is 23.2 Å². The van der Waals surface area contributed by atoms with E-state index in [1.807, 2.05) is 0 Å². The Labute approximate surface area is 123 Å². The summed E-state index contributed by atoms with van der Waals surface area (Å²) < 4.78 is 37.4. The lowest BCUT2D eigenvalue weighted by atomic mass is 10.0. The highest BCUT2D eigenvalue weighted by Crippen LogP contribution is 2.33. The molecule has 2 aromatic rings. The van der Waals surface area contributed by atoms with Crippen LogP contribution < -0.4 is 0 Å². The third kappa shape index (κ3) is 3.26. The number of aliphatic hydroxyl groups excluding tert-OH is 1.